The van der Waals surface area contributed by atoms with Gasteiger partial charge in [0.1, 0.15) is 0 Å². The van der Waals surface area contributed by atoms with E-state index in [2.05, 4.69) is 10.3 Å². The van der Waals surface area contributed by atoms with Crippen LogP contribution < -0.4 is 11.1 Å². The number of anilines is 2. The van der Waals surface area contributed by atoms with Gasteiger partial charge in [0.15, 0.2) is 0 Å². The molecule has 0 aromatic carbocycles. The fraction of sp³-hybridized carbons (Fsp3) is 0.545. The monoisotopic (exact) mass is 207 g/mol. The van der Waals surface area contributed by atoms with Crippen LogP contribution in [0.4, 0.5) is 11.4 Å². The Morgan fingerprint density at radius 1 is 1.53 bits per heavy atom. The number of nitrogens with zero attached hydrogens (tertiary/aromatic N) is 1. The smallest absolute Gasteiger partial charge is 0.0772 e. The van der Waals surface area contributed by atoms with Gasteiger partial charge in [0.2, 0.25) is 0 Å². The standard InChI is InChI=1S/C11H17N3O/c1-15-11-4-2-3-10(11)14-9-5-6-13-7-8(9)12/h5-7,10-11H,2-4,12H2,1H3,(H,13,14). The summed E-state index contributed by atoms with van der Waals surface area (Å²) in [4.78, 5) is 3.96. The van der Waals surface area contributed by atoms with Gasteiger partial charge in [0.25, 0.3) is 0 Å². The van der Waals surface area contributed by atoms with E-state index >= 15 is 0 Å². The van der Waals surface area contributed by atoms with Crippen molar-refractivity contribution in [1.82, 2.24) is 4.98 Å². The minimum atomic E-state index is 0.303. The maximum atomic E-state index is 5.82. The van der Waals surface area contributed by atoms with Gasteiger partial charge in [-0.05, 0) is 25.3 Å². The predicted octanol–water partition coefficient (Wildman–Crippen LogP) is 1.64. The first-order valence-corrected chi connectivity index (χ1v) is 5.30. The summed E-state index contributed by atoms with van der Waals surface area (Å²) < 4.78 is 5.42. The Morgan fingerprint density at radius 2 is 2.40 bits per heavy atom. The van der Waals surface area contributed by atoms with Gasteiger partial charge in [-0.1, -0.05) is 0 Å². The minimum Gasteiger partial charge on any atom is -0.396 e. The van der Waals surface area contributed by atoms with Crippen LogP contribution in [0, 0.1) is 0 Å². The van der Waals surface area contributed by atoms with Crippen LogP contribution in [-0.4, -0.2) is 24.2 Å². The summed E-state index contributed by atoms with van der Waals surface area (Å²) in [7, 11) is 1.76. The molecule has 15 heavy (non-hydrogen) atoms. The number of nitrogen functional groups attached to an aromatic ring is 1. The summed E-state index contributed by atoms with van der Waals surface area (Å²) in [5, 5.41) is 3.42. The molecule has 0 radical (unpaired) electrons. The molecule has 3 N–H and O–H groups in total. The molecule has 2 rings (SSSR count). The first kappa shape index (κ1) is 10.2. The number of aromatic nitrogens is 1. The van der Waals surface area contributed by atoms with Crippen LogP contribution in [0.25, 0.3) is 0 Å². The van der Waals surface area contributed by atoms with Crippen molar-refractivity contribution in [3.8, 4) is 0 Å². The molecule has 1 aliphatic carbocycles. The van der Waals surface area contributed by atoms with Crippen LogP contribution in [0.5, 0.6) is 0 Å². The molecular formula is C11H17N3O. The van der Waals surface area contributed by atoms with Crippen LogP contribution in [0.2, 0.25) is 0 Å². The number of hydrogen-bond acceptors (Lipinski definition) is 4. The van der Waals surface area contributed by atoms with Crippen LogP contribution in [0.15, 0.2) is 18.5 Å². The summed E-state index contributed by atoms with van der Waals surface area (Å²) in [6.45, 7) is 0. The predicted molar refractivity (Wildman–Crippen MR) is 60.7 cm³/mol. The topological polar surface area (TPSA) is 60.2 Å². The second-order valence-electron chi connectivity index (χ2n) is 3.92. The number of rotatable bonds is 3. The van der Waals surface area contributed by atoms with Crippen molar-refractivity contribution >= 4 is 11.4 Å². The lowest BCUT2D eigenvalue weighted by Crippen LogP contribution is -2.30. The molecule has 0 bridgehead atoms. The number of nitrogens with two attached hydrogens (primary N) is 1. The molecule has 2 unspecified atom stereocenters. The second-order valence-corrected chi connectivity index (χ2v) is 3.92. The van der Waals surface area contributed by atoms with E-state index in [4.69, 9.17) is 10.5 Å². The molecule has 1 aromatic rings. The summed E-state index contributed by atoms with van der Waals surface area (Å²) in [6, 6.07) is 2.28. The maximum absolute atomic E-state index is 5.82. The molecule has 4 heteroatoms. The van der Waals surface area contributed by atoms with E-state index in [1.165, 1.54) is 6.42 Å². The lowest BCUT2D eigenvalue weighted by Gasteiger charge is -2.21. The summed E-state index contributed by atoms with van der Waals surface area (Å²) in [5.74, 6) is 0. The highest BCUT2D eigenvalue weighted by Gasteiger charge is 2.27. The Balaban J connectivity index is 2.05. The highest BCUT2D eigenvalue weighted by molar-refractivity contribution is 5.64. The van der Waals surface area contributed by atoms with Gasteiger partial charge in [-0.3, -0.25) is 4.98 Å². The van der Waals surface area contributed by atoms with Crippen LogP contribution in [0.1, 0.15) is 19.3 Å². The molecule has 4 nitrogen and oxygen atoms in total. The summed E-state index contributed by atoms with van der Waals surface area (Å²) in [5.41, 5.74) is 7.47. The second kappa shape index (κ2) is 4.49. The number of nitrogens with one attached hydrogen (secondary N) is 1. The zero-order valence-electron chi connectivity index (χ0n) is 8.94. The molecule has 0 spiro atoms. The van der Waals surface area contributed by atoms with Crippen molar-refractivity contribution in [2.75, 3.05) is 18.2 Å². The fourth-order valence-electron chi connectivity index (χ4n) is 2.11. The third-order valence-corrected chi connectivity index (χ3v) is 2.95. The van der Waals surface area contributed by atoms with Gasteiger partial charge >= 0.3 is 0 Å². The molecule has 0 saturated heterocycles. The third kappa shape index (κ3) is 2.21. The Hall–Kier alpha value is -1.29. The van der Waals surface area contributed by atoms with Crippen molar-refractivity contribution in [3.05, 3.63) is 18.5 Å². The zero-order valence-corrected chi connectivity index (χ0v) is 8.94. The Bertz CT molecular complexity index is 329. The highest BCUT2D eigenvalue weighted by Crippen LogP contribution is 2.26. The van der Waals surface area contributed by atoms with Crippen molar-refractivity contribution in [1.29, 1.82) is 0 Å². The molecule has 2 atom stereocenters. The molecule has 1 aromatic heterocycles. The van der Waals surface area contributed by atoms with Gasteiger partial charge in [-0.15, -0.1) is 0 Å². The van der Waals surface area contributed by atoms with Crippen molar-refractivity contribution in [2.45, 2.75) is 31.4 Å². The highest BCUT2D eigenvalue weighted by atomic mass is 16.5. The zero-order chi connectivity index (χ0) is 10.7. The largest absolute Gasteiger partial charge is 0.396 e. The van der Waals surface area contributed by atoms with E-state index < -0.39 is 0 Å². The molecule has 0 amide bonds. The normalized spacial score (nSPS) is 25.4. The Morgan fingerprint density at radius 3 is 3.13 bits per heavy atom. The van der Waals surface area contributed by atoms with Gasteiger partial charge in [0, 0.05) is 13.3 Å². The van der Waals surface area contributed by atoms with E-state index in [0.717, 1.165) is 18.5 Å². The molecular weight excluding hydrogens is 190 g/mol. The van der Waals surface area contributed by atoms with Crippen molar-refractivity contribution in [3.63, 3.8) is 0 Å². The van der Waals surface area contributed by atoms with Crippen LogP contribution >= 0.6 is 0 Å². The van der Waals surface area contributed by atoms with E-state index in [-0.39, 0.29) is 0 Å². The van der Waals surface area contributed by atoms with Gasteiger partial charge in [0.05, 0.1) is 29.7 Å². The van der Waals surface area contributed by atoms with Crippen LogP contribution in [0.3, 0.4) is 0 Å². The third-order valence-electron chi connectivity index (χ3n) is 2.95. The number of methoxy groups -OCH3 is 1. The molecule has 82 valence electrons. The number of hydrogen-bond donors (Lipinski definition) is 2. The SMILES string of the molecule is COC1CCCC1Nc1ccncc1N. The average molecular weight is 207 g/mol. The van der Waals surface area contributed by atoms with E-state index in [9.17, 15) is 0 Å². The molecule has 1 saturated carbocycles. The van der Waals surface area contributed by atoms with Gasteiger partial charge in [-0.25, -0.2) is 0 Å². The van der Waals surface area contributed by atoms with Crippen molar-refractivity contribution < 1.29 is 4.74 Å². The molecule has 0 aliphatic heterocycles. The molecule has 1 aliphatic rings. The summed E-state index contributed by atoms with van der Waals surface area (Å²) in [6.07, 6.45) is 7.19. The number of pyridine rings is 1. The van der Waals surface area contributed by atoms with E-state index in [1.807, 2.05) is 6.07 Å². The first-order chi connectivity index (χ1) is 7.31. The lowest BCUT2D eigenvalue weighted by atomic mass is 10.2. The minimum absolute atomic E-state index is 0.303. The first-order valence-electron chi connectivity index (χ1n) is 5.30. The Labute approximate surface area is 89.8 Å². The van der Waals surface area contributed by atoms with E-state index in [0.29, 0.717) is 17.8 Å². The molecule has 1 fully saturated rings. The van der Waals surface area contributed by atoms with Gasteiger partial charge in [-0.2, -0.15) is 0 Å². The average Bonchev–Trinajstić information content (AvgIpc) is 2.69. The van der Waals surface area contributed by atoms with Crippen molar-refractivity contribution in [2.24, 2.45) is 0 Å². The fourth-order valence-corrected chi connectivity index (χ4v) is 2.11. The Kier molecular flexibility index (Phi) is 3.06. The van der Waals surface area contributed by atoms with Gasteiger partial charge < -0.3 is 15.8 Å². The maximum Gasteiger partial charge on any atom is 0.0772 e. The number of ether oxygens (including phenoxy) is 1. The quantitative estimate of drug-likeness (QED) is 0.791. The van der Waals surface area contributed by atoms with Crippen LogP contribution in [-0.2, 0) is 4.74 Å². The summed E-state index contributed by atoms with van der Waals surface area (Å²) >= 11 is 0. The van der Waals surface area contributed by atoms with E-state index in [1.54, 1.807) is 19.5 Å². The molecule has 1 heterocycles. The lowest BCUT2D eigenvalue weighted by molar-refractivity contribution is 0.101.